The molecule has 3 heteroatoms. The quantitative estimate of drug-likeness (QED) is 0.405. The molecule has 0 saturated heterocycles. The molecule has 0 bridgehead atoms. The average Bonchev–Trinajstić information content (AvgIpc) is 2.71. The number of hydrogen-bond donors (Lipinski definition) is 0. The summed E-state index contributed by atoms with van der Waals surface area (Å²) < 4.78 is 35.5. The fraction of sp³-hybridized carbons (Fsp3) is 0.440. The van der Waals surface area contributed by atoms with Crippen molar-refractivity contribution < 1.29 is 14.9 Å². The van der Waals surface area contributed by atoms with Crippen molar-refractivity contribution in [3.63, 3.8) is 0 Å². The molecule has 0 atom stereocenters. The van der Waals surface area contributed by atoms with Gasteiger partial charge >= 0.3 is 0 Å². The van der Waals surface area contributed by atoms with E-state index in [1.807, 2.05) is 25.1 Å². The molecule has 0 heterocycles. The monoisotopic (exact) mass is 384 g/mol. The minimum atomic E-state index is -0.375. The van der Waals surface area contributed by atoms with Crippen LogP contribution in [0.4, 0.5) is 8.78 Å². The van der Waals surface area contributed by atoms with Crippen LogP contribution in [0.15, 0.2) is 36.4 Å². The zero-order valence-electron chi connectivity index (χ0n) is 16.7. The SMILES string of the molecule is CCCC1CCC(c2ccc3c(ccc4c(F)c(OCC)ccc43)c2F)CC1.[HH]. The van der Waals surface area contributed by atoms with E-state index in [-0.39, 0.29) is 18.8 Å². The van der Waals surface area contributed by atoms with Crippen molar-refractivity contribution in [2.75, 3.05) is 6.61 Å². The zero-order chi connectivity index (χ0) is 19.7. The van der Waals surface area contributed by atoms with Crippen LogP contribution < -0.4 is 4.74 Å². The first-order valence-electron chi connectivity index (χ1n) is 10.6. The summed E-state index contributed by atoms with van der Waals surface area (Å²) in [6, 6.07) is 10.8. The summed E-state index contributed by atoms with van der Waals surface area (Å²) in [6.07, 6.45) is 7.03. The molecule has 1 aliphatic carbocycles. The van der Waals surface area contributed by atoms with Gasteiger partial charge in [-0.15, -0.1) is 0 Å². The lowest BCUT2D eigenvalue weighted by molar-refractivity contribution is 0.305. The molecule has 0 N–H and O–H groups in total. The first-order valence-corrected chi connectivity index (χ1v) is 10.6. The molecule has 28 heavy (non-hydrogen) atoms. The van der Waals surface area contributed by atoms with E-state index >= 15 is 4.39 Å². The van der Waals surface area contributed by atoms with Crippen molar-refractivity contribution in [1.82, 2.24) is 0 Å². The molecule has 4 rings (SSSR count). The predicted molar refractivity (Wildman–Crippen MR) is 114 cm³/mol. The van der Waals surface area contributed by atoms with Gasteiger partial charge < -0.3 is 4.74 Å². The van der Waals surface area contributed by atoms with Crippen molar-refractivity contribution >= 4 is 21.5 Å². The molecule has 1 fully saturated rings. The van der Waals surface area contributed by atoms with Gasteiger partial charge in [0.05, 0.1) is 6.61 Å². The minimum absolute atomic E-state index is 0. The Labute approximate surface area is 167 Å². The molecule has 3 aromatic rings. The van der Waals surface area contributed by atoms with E-state index in [0.29, 0.717) is 23.3 Å². The molecule has 0 aromatic heterocycles. The second kappa shape index (κ2) is 8.06. The molecule has 1 nitrogen and oxygen atoms in total. The Hall–Kier alpha value is -2.16. The van der Waals surface area contributed by atoms with Gasteiger partial charge in [0.25, 0.3) is 0 Å². The van der Waals surface area contributed by atoms with Gasteiger partial charge in [-0.1, -0.05) is 44.0 Å². The van der Waals surface area contributed by atoms with Gasteiger partial charge in [0.1, 0.15) is 5.82 Å². The smallest absolute Gasteiger partial charge is 0.172 e. The Morgan fingerprint density at radius 1 is 0.821 bits per heavy atom. The average molecular weight is 385 g/mol. The van der Waals surface area contributed by atoms with Crippen LogP contribution in [-0.2, 0) is 0 Å². The van der Waals surface area contributed by atoms with E-state index in [0.717, 1.165) is 35.1 Å². The van der Waals surface area contributed by atoms with E-state index in [4.69, 9.17) is 4.74 Å². The first-order chi connectivity index (χ1) is 13.6. The van der Waals surface area contributed by atoms with Crippen LogP contribution in [0.25, 0.3) is 21.5 Å². The van der Waals surface area contributed by atoms with E-state index in [2.05, 4.69) is 6.92 Å². The Morgan fingerprint density at radius 3 is 2.07 bits per heavy atom. The highest BCUT2D eigenvalue weighted by Gasteiger charge is 2.25. The Kier molecular flexibility index (Phi) is 5.52. The molecule has 1 aliphatic rings. The third kappa shape index (κ3) is 3.36. The van der Waals surface area contributed by atoms with Crippen LogP contribution in [0.2, 0.25) is 0 Å². The van der Waals surface area contributed by atoms with Crippen LogP contribution in [0.1, 0.15) is 65.3 Å². The molecule has 1 saturated carbocycles. The van der Waals surface area contributed by atoms with Crippen LogP contribution in [0.5, 0.6) is 5.75 Å². The summed E-state index contributed by atoms with van der Waals surface area (Å²) in [5, 5.41) is 2.56. The van der Waals surface area contributed by atoms with Gasteiger partial charge in [-0.3, -0.25) is 0 Å². The molecule has 0 unspecified atom stereocenters. The second-order valence-corrected chi connectivity index (χ2v) is 8.04. The maximum atomic E-state index is 15.4. The maximum Gasteiger partial charge on any atom is 0.172 e. The van der Waals surface area contributed by atoms with Gasteiger partial charge in [-0.2, -0.15) is 0 Å². The highest BCUT2D eigenvalue weighted by molar-refractivity contribution is 6.08. The molecular weight excluding hydrogens is 354 g/mol. The number of hydrogen-bond acceptors (Lipinski definition) is 1. The number of rotatable bonds is 5. The summed E-state index contributed by atoms with van der Waals surface area (Å²) in [6.45, 7) is 4.48. The summed E-state index contributed by atoms with van der Waals surface area (Å²) in [5.74, 6) is 0.837. The van der Waals surface area contributed by atoms with Gasteiger partial charge in [0.2, 0.25) is 0 Å². The number of fused-ring (bicyclic) bond motifs is 3. The molecule has 0 radical (unpaired) electrons. The van der Waals surface area contributed by atoms with Gasteiger partial charge in [-0.05, 0) is 72.9 Å². The normalized spacial score (nSPS) is 20.0. The lowest BCUT2D eigenvalue weighted by Gasteiger charge is -2.29. The van der Waals surface area contributed by atoms with Crippen LogP contribution in [0.3, 0.4) is 0 Å². The molecule has 150 valence electrons. The van der Waals surface area contributed by atoms with E-state index < -0.39 is 0 Å². The van der Waals surface area contributed by atoms with Gasteiger partial charge in [-0.25, -0.2) is 8.78 Å². The predicted octanol–water partition coefficient (Wildman–Crippen LogP) is 7.99. The lowest BCUT2D eigenvalue weighted by Crippen LogP contribution is -2.14. The van der Waals surface area contributed by atoms with Crippen molar-refractivity contribution in [1.29, 1.82) is 0 Å². The van der Waals surface area contributed by atoms with Crippen LogP contribution >= 0.6 is 0 Å². The van der Waals surface area contributed by atoms with Crippen LogP contribution in [0, 0.1) is 17.6 Å². The maximum absolute atomic E-state index is 15.4. The van der Waals surface area contributed by atoms with Crippen molar-refractivity contribution in [3.8, 4) is 5.75 Å². The zero-order valence-corrected chi connectivity index (χ0v) is 16.7. The van der Waals surface area contributed by atoms with Crippen molar-refractivity contribution in [3.05, 3.63) is 53.6 Å². The third-order valence-electron chi connectivity index (χ3n) is 6.34. The topological polar surface area (TPSA) is 9.23 Å². The van der Waals surface area contributed by atoms with E-state index in [9.17, 15) is 4.39 Å². The summed E-state index contributed by atoms with van der Waals surface area (Å²) in [7, 11) is 0. The Balaban J connectivity index is 0.00000240. The number of halogens is 2. The Bertz CT molecular complexity index is 993. The lowest BCUT2D eigenvalue weighted by atomic mass is 9.76. The number of benzene rings is 3. The molecule has 3 aromatic carbocycles. The highest BCUT2D eigenvalue weighted by Crippen LogP contribution is 2.41. The summed E-state index contributed by atoms with van der Waals surface area (Å²) in [4.78, 5) is 0. The second-order valence-electron chi connectivity index (χ2n) is 8.04. The molecular formula is C25H30F2O. The van der Waals surface area contributed by atoms with E-state index in [1.54, 1.807) is 18.2 Å². The fourth-order valence-corrected chi connectivity index (χ4v) is 4.90. The number of ether oxygens (including phenoxy) is 1. The fourth-order valence-electron chi connectivity index (χ4n) is 4.90. The summed E-state index contributed by atoms with van der Waals surface area (Å²) in [5.41, 5.74) is 0.827. The molecule has 0 amide bonds. The molecule has 0 aliphatic heterocycles. The Morgan fingerprint density at radius 2 is 1.43 bits per heavy atom. The summed E-state index contributed by atoms with van der Waals surface area (Å²) >= 11 is 0. The molecule has 0 spiro atoms. The van der Waals surface area contributed by atoms with Crippen molar-refractivity contribution in [2.24, 2.45) is 5.92 Å². The minimum Gasteiger partial charge on any atom is -0.491 e. The van der Waals surface area contributed by atoms with E-state index in [1.165, 1.54) is 25.7 Å². The third-order valence-corrected chi connectivity index (χ3v) is 6.34. The first kappa shape index (κ1) is 19.2. The highest BCUT2D eigenvalue weighted by atomic mass is 19.1. The van der Waals surface area contributed by atoms with Crippen LogP contribution in [-0.4, -0.2) is 6.61 Å². The van der Waals surface area contributed by atoms with Gasteiger partial charge in [0, 0.05) is 12.2 Å². The van der Waals surface area contributed by atoms with Crippen molar-refractivity contribution in [2.45, 2.75) is 58.3 Å². The largest absolute Gasteiger partial charge is 0.491 e. The van der Waals surface area contributed by atoms with Gasteiger partial charge in [0.15, 0.2) is 11.6 Å². The standard InChI is InChI=1S/C25H28F2O.H2/c1-3-5-16-6-8-17(9-7-16)18-10-11-19-20-14-15-23(28-4-2)25(27)22(20)13-12-21(19)24(18)26;/h10-17H,3-9H2,1-2H3;1H.